The molecule has 0 spiro atoms. The van der Waals surface area contributed by atoms with Crippen LogP contribution in [0.2, 0.25) is 5.02 Å². The van der Waals surface area contributed by atoms with E-state index in [1.54, 1.807) is 23.7 Å². The van der Waals surface area contributed by atoms with E-state index in [4.69, 9.17) is 17.3 Å². The van der Waals surface area contributed by atoms with E-state index in [-0.39, 0.29) is 6.04 Å². The van der Waals surface area contributed by atoms with E-state index in [0.717, 1.165) is 16.2 Å². The summed E-state index contributed by atoms with van der Waals surface area (Å²) in [6, 6.07) is 1.69. The van der Waals surface area contributed by atoms with Gasteiger partial charge in [0.15, 0.2) is 4.96 Å². The van der Waals surface area contributed by atoms with Gasteiger partial charge in [-0.25, -0.2) is 4.98 Å². The summed E-state index contributed by atoms with van der Waals surface area (Å²) in [7, 11) is 0. The maximum absolute atomic E-state index is 6.16. The summed E-state index contributed by atoms with van der Waals surface area (Å²) in [5.41, 5.74) is 8.04. The van der Waals surface area contributed by atoms with Gasteiger partial charge in [-0.1, -0.05) is 11.6 Å². The minimum atomic E-state index is -0.162. The normalized spacial score (nSPS) is 13.0. The number of thiazole rings is 1. The first kappa shape index (κ1) is 11.6. The van der Waals surface area contributed by atoms with Crippen LogP contribution < -0.4 is 5.73 Å². The first-order chi connectivity index (χ1) is 8.74. The van der Waals surface area contributed by atoms with Crippen LogP contribution in [0.4, 0.5) is 0 Å². The molecule has 92 valence electrons. The number of rotatable bonds is 3. The Balaban J connectivity index is 1.84. The van der Waals surface area contributed by atoms with Gasteiger partial charge in [0.2, 0.25) is 0 Å². The maximum atomic E-state index is 6.16. The fourth-order valence-electron chi connectivity index (χ4n) is 1.90. The third-order valence-electron chi connectivity index (χ3n) is 2.78. The number of fused-ring (bicyclic) bond motifs is 1. The van der Waals surface area contributed by atoms with Gasteiger partial charge >= 0.3 is 0 Å². The van der Waals surface area contributed by atoms with Crippen molar-refractivity contribution in [3.63, 3.8) is 0 Å². The second-order valence-electron chi connectivity index (χ2n) is 4.03. The highest BCUT2D eigenvalue weighted by Crippen LogP contribution is 2.23. The molecule has 0 aliphatic heterocycles. The van der Waals surface area contributed by atoms with Crippen molar-refractivity contribution in [1.29, 1.82) is 0 Å². The van der Waals surface area contributed by atoms with Crippen molar-refractivity contribution in [2.24, 2.45) is 5.73 Å². The highest BCUT2D eigenvalue weighted by atomic mass is 35.5. The molecule has 18 heavy (non-hydrogen) atoms. The van der Waals surface area contributed by atoms with E-state index in [1.807, 2.05) is 28.2 Å². The van der Waals surface area contributed by atoms with E-state index in [9.17, 15) is 0 Å². The Morgan fingerprint density at radius 3 is 3.17 bits per heavy atom. The molecule has 1 unspecified atom stereocenters. The van der Waals surface area contributed by atoms with Gasteiger partial charge in [-0.15, -0.1) is 11.3 Å². The molecule has 2 N–H and O–H groups in total. The molecule has 3 rings (SSSR count). The number of nitrogens with two attached hydrogens (primary N) is 1. The van der Waals surface area contributed by atoms with E-state index < -0.39 is 0 Å². The molecular formula is C12H11ClN4S. The molecule has 6 heteroatoms. The van der Waals surface area contributed by atoms with Crippen molar-refractivity contribution in [2.45, 2.75) is 12.5 Å². The van der Waals surface area contributed by atoms with Gasteiger partial charge in [0, 0.05) is 42.6 Å². The zero-order valence-electron chi connectivity index (χ0n) is 9.45. The molecular weight excluding hydrogens is 268 g/mol. The number of pyridine rings is 1. The number of imidazole rings is 1. The molecule has 0 aliphatic carbocycles. The van der Waals surface area contributed by atoms with Gasteiger partial charge in [0.25, 0.3) is 0 Å². The number of hydrogen-bond donors (Lipinski definition) is 1. The Kier molecular flexibility index (Phi) is 3.03. The largest absolute Gasteiger partial charge is 0.324 e. The van der Waals surface area contributed by atoms with Crippen LogP contribution in [0.3, 0.4) is 0 Å². The number of nitrogens with zero attached hydrogens (tertiary/aromatic N) is 3. The molecule has 0 aromatic carbocycles. The lowest BCUT2D eigenvalue weighted by atomic mass is 10.0. The number of hydrogen-bond acceptors (Lipinski definition) is 4. The molecule has 0 saturated carbocycles. The van der Waals surface area contributed by atoms with E-state index in [0.29, 0.717) is 11.4 Å². The van der Waals surface area contributed by atoms with Crippen molar-refractivity contribution in [2.75, 3.05) is 0 Å². The Morgan fingerprint density at radius 2 is 2.39 bits per heavy atom. The third kappa shape index (κ3) is 2.12. The number of aromatic nitrogens is 3. The van der Waals surface area contributed by atoms with Crippen LogP contribution in [0.15, 0.2) is 36.2 Å². The summed E-state index contributed by atoms with van der Waals surface area (Å²) in [5, 5.41) is 2.61. The predicted octanol–water partition coefficient (Wildman–Crippen LogP) is 2.69. The molecule has 0 saturated heterocycles. The lowest BCUT2D eigenvalue weighted by Crippen LogP contribution is -2.14. The topological polar surface area (TPSA) is 56.2 Å². The van der Waals surface area contributed by atoms with Crippen LogP contribution in [0.1, 0.15) is 17.3 Å². The minimum Gasteiger partial charge on any atom is -0.324 e. The maximum Gasteiger partial charge on any atom is 0.193 e. The van der Waals surface area contributed by atoms with E-state index in [2.05, 4.69) is 9.97 Å². The van der Waals surface area contributed by atoms with E-state index in [1.165, 1.54) is 0 Å². The van der Waals surface area contributed by atoms with Crippen LogP contribution in [0.5, 0.6) is 0 Å². The first-order valence-electron chi connectivity index (χ1n) is 5.50. The van der Waals surface area contributed by atoms with E-state index >= 15 is 0 Å². The molecule has 3 heterocycles. The van der Waals surface area contributed by atoms with Gasteiger partial charge in [-0.3, -0.25) is 9.38 Å². The quantitative estimate of drug-likeness (QED) is 0.801. The third-order valence-corrected chi connectivity index (χ3v) is 3.86. The Labute approximate surface area is 113 Å². The first-order valence-corrected chi connectivity index (χ1v) is 6.76. The van der Waals surface area contributed by atoms with Gasteiger partial charge in [0.05, 0.1) is 10.7 Å². The summed E-state index contributed by atoms with van der Waals surface area (Å²) in [5.74, 6) is 0. The zero-order chi connectivity index (χ0) is 12.5. The van der Waals surface area contributed by atoms with Gasteiger partial charge in [-0.2, -0.15) is 0 Å². The molecule has 0 aliphatic rings. The van der Waals surface area contributed by atoms with Crippen molar-refractivity contribution < 1.29 is 0 Å². The Morgan fingerprint density at radius 1 is 1.50 bits per heavy atom. The summed E-state index contributed by atoms with van der Waals surface area (Å²) in [6.07, 6.45) is 7.97. The average Bonchev–Trinajstić information content (AvgIpc) is 2.90. The Hall–Kier alpha value is -1.43. The molecule has 3 aromatic heterocycles. The summed E-state index contributed by atoms with van der Waals surface area (Å²) in [4.78, 5) is 9.45. The van der Waals surface area contributed by atoms with Crippen LogP contribution in [-0.2, 0) is 6.42 Å². The van der Waals surface area contributed by atoms with Crippen LogP contribution >= 0.6 is 22.9 Å². The Bertz CT molecular complexity index is 647. The van der Waals surface area contributed by atoms with Crippen molar-refractivity contribution >= 4 is 27.9 Å². The fraction of sp³-hybridized carbons (Fsp3) is 0.167. The lowest BCUT2D eigenvalue weighted by molar-refractivity contribution is 0.709. The molecule has 3 aromatic rings. The lowest BCUT2D eigenvalue weighted by Gasteiger charge is -2.11. The van der Waals surface area contributed by atoms with Gasteiger partial charge < -0.3 is 5.73 Å². The molecule has 0 radical (unpaired) electrons. The monoisotopic (exact) mass is 278 g/mol. The van der Waals surface area contributed by atoms with Crippen LogP contribution in [0.25, 0.3) is 4.96 Å². The fourth-order valence-corrected chi connectivity index (χ4v) is 2.87. The summed E-state index contributed by atoms with van der Waals surface area (Å²) in [6.45, 7) is 0. The SMILES string of the molecule is NC(Cc1cn2ccsc2n1)c1ccncc1Cl. The van der Waals surface area contributed by atoms with Gasteiger partial charge in [0.1, 0.15) is 0 Å². The predicted molar refractivity (Wildman–Crippen MR) is 72.9 cm³/mol. The second kappa shape index (κ2) is 4.68. The smallest absolute Gasteiger partial charge is 0.193 e. The summed E-state index contributed by atoms with van der Waals surface area (Å²) >= 11 is 7.69. The van der Waals surface area contributed by atoms with Crippen molar-refractivity contribution in [1.82, 2.24) is 14.4 Å². The molecule has 0 fully saturated rings. The van der Waals surface area contributed by atoms with Gasteiger partial charge in [-0.05, 0) is 11.6 Å². The molecule has 4 nitrogen and oxygen atoms in total. The highest BCUT2D eigenvalue weighted by molar-refractivity contribution is 7.15. The standard InChI is InChI=1S/C12H11ClN4S/c13-10-6-15-2-1-9(10)11(14)5-8-7-17-3-4-18-12(17)16-8/h1-4,6-7,11H,5,14H2. The van der Waals surface area contributed by atoms with Crippen molar-refractivity contribution in [3.8, 4) is 0 Å². The number of halogens is 1. The average molecular weight is 279 g/mol. The summed E-state index contributed by atoms with van der Waals surface area (Å²) < 4.78 is 2.00. The van der Waals surface area contributed by atoms with Crippen LogP contribution in [0, 0.1) is 0 Å². The minimum absolute atomic E-state index is 0.162. The molecule has 0 amide bonds. The zero-order valence-corrected chi connectivity index (χ0v) is 11.0. The van der Waals surface area contributed by atoms with Crippen LogP contribution in [-0.4, -0.2) is 14.4 Å². The highest BCUT2D eigenvalue weighted by Gasteiger charge is 2.13. The molecule has 1 atom stereocenters. The van der Waals surface area contributed by atoms with Crippen molar-refractivity contribution in [3.05, 3.63) is 52.5 Å². The molecule has 0 bridgehead atoms. The second-order valence-corrected chi connectivity index (χ2v) is 5.31.